The second kappa shape index (κ2) is 5.55. The summed E-state index contributed by atoms with van der Waals surface area (Å²) < 4.78 is 19.0. The molecule has 1 aromatic heterocycles. The van der Waals surface area contributed by atoms with Crippen LogP contribution < -0.4 is 10.5 Å². The SMILES string of the molecule is CC(N)c1ccc(OCc2ncccn2)cc1F. The highest BCUT2D eigenvalue weighted by atomic mass is 19.1. The molecule has 0 saturated heterocycles. The molecule has 5 heteroatoms. The van der Waals surface area contributed by atoms with Gasteiger partial charge in [-0.25, -0.2) is 14.4 Å². The third-order valence-corrected chi connectivity index (χ3v) is 2.45. The zero-order chi connectivity index (χ0) is 13.0. The van der Waals surface area contributed by atoms with Crippen LogP contribution in [0.3, 0.4) is 0 Å². The van der Waals surface area contributed by atoms with Gasteiger partial charge in [0.05, 0.1) is 0 Å². The Morgan fingerprint density at radius 2 is 2.06 bits per heavy atom. The van der Waals surface area contributed by atoms with Gasteiger partial charge in [0.25, 0.3) is 0 Å². The van der Waals surface area contributed by atoms with Gasteiger partial charge in [-0.1, -0.05) is 6.07 Å². The molecule has 2 aromatic rings. The lowest BCUT2D eigenvalue weighted by molar-refractivity contribution is 0.294. The number of halogens is 1. The van der Waals surface area contributed by atoms with E-state index in [1.54, 1.807) is 37.5 Å². The number of benzene rings is 1. The summed E-state index contributed by atoms with van der Waals surface area (Å²) in [5.41, 5.74) is 6.10. The Balaban J connectivity index is 2.05. The fraction of sp³-hybridized carbons (Fsp3) is 0.231. The summed E-state index contributed by atoms with van der Waals surface area (Å²) >= 11 is 0. The van der Waals surface area contributed by atoms with Crippen LogP contribution in [-0.4, -0.2) is 9.97 Å². The Hall–Kier alpha value is -2.01. The van der Waals surface area contributed by atoms with E-state index >= 15 is 0 Å². The number of hydrogen-bond acceptors (Lipinski definition) is 4. The van der Waals surface area contributed by atoms with E-state index in [2.05, 4.69) is 9.97 Å². The Bertz CT molecular complexity index is 517. The number of ether oxygens (including phenoxy) is 1. The van der Waals surface area contributed by atoms with Crippen LogP contribution in [0.25, 0.3) is 0 Å². The molecule has 0 radical (unpaired) electrons. The van der Waals surface area contributed by atoms with Gasteiger partial charge in [-0.05, 0) is 19.1 Å². The van der Waals surface area contributed by atoms with Gasteiger partial charge < -0.3 is 10.5 Å². The Kier molecular flexibility index (Phi) is 3.84. The van der Waals surface area contributed by atoms with E-state index < -0.39 is 0 Å². The monoisotopic (exact) mass is 247 g/mol. The molecule has 2 rings (SSSR count). The van der Waals surface area contributed by atoms with Gasteiger partial charge in [0.1, 0.15) is 18.2 Å². The van der Waals surface area contributed by atoms with E-state index in [-0.39, 0.29) is 18.5 Å². The Morgan fingerprint density at radius 1 is 1.33 bits per heavy atom. The van der Waals surface area contributed by atoms with Crippen LogP contribution in [0.1, 0.15) is 24.4 Å². The highest BCUT2D eigenvalue weighted by molar-refractivity contribution is 5.30. The van der Waals surface area contributed by atoms with Crippen molar-refractivity contribution in [1.29, 1.82) is 0 Å². The topological polar surface area (TPSA) is 61.0 Å². The second-order valence-corrected chi connectivity index (χ2v) is 3.93. The van der Waals surface area contributed by atoms with Crippen molar-refractivity contribution in [2.24, 2.45) is 5.73 Å². The van der Waals surface area contributed by atoms with Gasteiger partial charge >= 0.3 is 0 Å². The predicted octanol–water partition coefficient (Wildman–Crippen LogP) is 2.21. The largest absolute Gasteiger partial charge is 0.486 e. The maximum absolute atomic E-state index is 13.6. The number of aromatic nitrogens is 2. The fourth-order valence-corrected chi connectivity index (χ4v) is 1.52. The third kappa shape index (κ3) is 3.01. The summed E-state index contributed by atoms with van der Waals surface area (Å²) in [5.74, 6) is 0.620. The molecular formula is C13H14FN3O. The predicted molar refractivity (Wildman–Crippen MR) is 65.4 cm³/mol. The number of rotatable bonds is 4. The summed E-state index contributed by atoms with van der Waals surface area (Å²) in [7, 11) is 0. The fourth-order valence-electron chi connectivity index (χ4n) is 1.52. The molecule has 1 unspecified atom stereocenters. The molecule has 0 amide bonds. The van der Waals surface area contributed by atoms with Gasteiger partial charge in [-0.15, -0.1) is 0 Å². The second-order valence-electron chi connectivity index (χ2n) is 3.93. The first-order valence-electron chi connectivity index (χ1n) is 5.60. The van der Waals surface area contributed by atoms with E-state index in [0.717, 1.165) is 0 Å². The minimum Gasteiger partial charge on any atom is -0.486 e. The molecule has 94 valence electrons. The summed E-state index contributed by atoms with van der Waals surface area (Å²) in [6.07, 6.45) is 3.26. The first-order chi connectivity index (χ1) is 8.66. The molecule has 0 aliphatic heterocycles. The minimum atomic E-state index is -0.364. The van der Waals surface area contributed by atoms with Crippen molar-refractivity contribution in [2.45, 2.75) is 19.6 Å². The van der Waals surface area contributed by atoms with Gasteiger partial charge in [0.15, 0.2) is 5.82 Å². The third-order valence-electron chi connectivity index (χ3n) is 2.45. The highest BCUT2D eigenvalue weighted by Crippen LogP contribution is 2.20. The summed E-state index contributed by atoms with van der Waals surface area (Å²) in [5, 5.41) is 0. The van der Waals surface area contributed by atoms with Crippen molar-refractivity contribution in [3.63, 3.8) is 0 Å². The van der Waals surface area contributed by atoms with Crippen LogP contribution in [0, 0.1) is 5.82 Å². The molecule has 18 heavy (non-hydrogen) atoms. The quantitative estimate of drug-likeness (QED) is 0.899. The lowest BCUT2D eigenvalue weighted by atomic mass is 10.1. The number of nitrogens with two attached hydrogens (primary N) is 1. The van der Waals surface area contributed by atoms with E-state index in [9.17, 15) is 4.39 Å². The average Bonchev–Trinajstić information content (AvgIpc) is 2.37. The van der Waals surface area contributed by atoms with E-state index in [0.29, 0.717) is 17.1 Å². The molecule has 2 N–H and O–H groups in total. The van der Waals surface area contributed by atoms with Crippen LogP contribution in [0.5, 0.6) is 5.75 Å². The van der Waals surface area contributed by atoms with E-state index in [1.165, 1.54) is 6.07 Å². The molecule has 0 aliphatic rings. The van der Waals surface area contributed by atoms with Crippen molar-refractivity contribution in [2.75, 3.05) is 0 Å². The van der Waals surface area contributed by atoms with Crippen LogP contribution in [-0.2, 0) is 6.61 Å². The molecule has 0 fully saturated rings. The van der Waals surface area contributed by atoms with Gasteiger partial charge in [0.2, 0.25) is 0 Å². The van der Waals surface area contributed by atoms with E-state index in [4.69, 9.17) is 10.5 Å². The number of hydrogen-bond donors (Lipinski definition) is 1. The van der Waals surface area contributed by atoms with Crippen LogP contribution in [0.4, 0.5) is 4.39 Å². The lowest BCUT2D eigenvalue weighted by Crippen LogP contribution is -2.07. The molecule has 1 atom stereocenters. The van der Waals surface area contributed by atoms with Crippen molar-refractivity contribution < 1.29 is 9.13 Å². The highest BCUT2D eigenvalue weighted by Gasteiger charge is 2.08. The average molecular weight is 247 g/mol. The molecule has 1 heterocycles. The zero-order valence-corrected chi connectivity index (χ0v) is 10.0. The van der Waals surface area contributed by atoms with Crippen LogP contribution in [0.15, 0.2) is 36.7 Å². The summed E-state index contributed by atoms with van der Waals surface area (Å²) in [6.45, 7) is 1.94. The smallest absolute Gasteiger partial charge is 0.166 e. The Morgan fingerprint density at radius 3 is 2.67 bits per heavy atom. The minimum absolute atomic E-state index is 0.206. The maximum atomic E-state index is 13.6. The van der Waals surface area contributed by atoms with Crippen molar-refractivity contribution in [3.05, 3.63) is 53.9 Å². The zero-order valence-electron chi connectivity index (χ0n) is 10.0. The van der Waals surface area contributed by atoms with Crippen LogP contribution in [0.2, 0.25) is 0 Å². The molecule has 0 saturated carbocycles. The van der Waals surface area contributed by atoms with Gasteiger partial charge in [-0.3, -0.25) is 0 Å². The Labute approximate surface area is 105 Å². The molecular weight excluding hydrogens is 233 g/mol. The summed E-state index contributed by atoms with van der Waals surface area (Å²) in [6, 6.07) is 6.02. The first-order valence-corrected chi connectivity index (χ1v) is 5.60. The van der Waals surface area contributed by atoms with Crippen LogP contribution >= 0.6 is 0 Å². The lowest BCUT2D eigenvalue weighted by Gasteiger charge is -2.09. The normalized spacial score (nSPS) is 12.2. The van der Waals surface area contributed by atoms with Crippen molar-refractivity contribution in [1.82, 2.24) is 9.97 Å². The van der Waals surface area contributed by atoms with Gasteiger partial charge in [0, 0.05) is 30.1 Å². The van der Waals surface area contributed by atoms with Gasteiger partial charge in [-0.2, -0.15) is 0 Å². The molecule has 4 nitrogen and oxygen atoms in total. The van der Waals surface area contributed by atoms with Crippen molar-refractivity contribution in [3.8, 4) is 5.75 Å². The first kappa shape index (κ1) is 12.4. The molecule has 0 aliphatic carbocycles. The molecule has 0 spiro atoms. The maximum Gasteiger partial charge on any atom is 0.166 e. The molecule has 0 bridgehead atoms. The standard InChI is InChI=1S/C13H14FN3O/c1-9(15)11-4-3-10(7-12(11)14)18-8-13-16-5-2-6-17-13/h2-7,9H,8,15H2,1H3. The molecule has 1 aromatic carbocycles. The van der Waals surface area contributed by atoms with Crippen molar-refractivity contribution >= 4 is 0 Å². The number of nitrogens with zero attached hydrogens (tertiary/aromatic N) is 2. The van der Waals surface area contributed by atoms with E-state index in [1.807, 2.05) is 0 Å². The summed E-state index contributed by atoms with van der Waals surface area (Å²) in [4.78, 5) is 8.02.